The quantitative estimate of drug-likeness (QED) is 0.377. The predicted molar refractivity (Wildman–Crippen MR) is 129 cm³/mol. The Balaban J connectivity index is 1.38. The molecule has 0 radical (unpaired) electrons. The molecule has 0 aliphatic rings. The SMILES string of the molecule is CCN(CC)C(=O)c1cccc(NC(=O)c2ccc(COc3ccc4ccccc4c3)o2)c1. The van der Waals surface area contributed by atoms with Crippen molar-refractivity contribution in [1.29, 1.82) is 0 Å². The van der Waals surface area contributed by atoms with Gasteiger partial charge < -0.3 is 19.4 Å². The number of hydrogen-bond donors (Lipinski definition) is 1. The van der Waals surface area contributed by atoms with Gasteiger partial charge in [0.15, 0.2) is 5.76 Å². The van der Waals surface area contributed by atoms with Gasteiger partial charge in [0, 0.05) is 24.3 Å². The van der Waals surface area contributed by atoms with Crippen LogP contribution in [-0.4, -0.2) is 29.8 Å². The van der Waals surface area contributed by atoms with Crippen molar-refractivity contribution in [2.45, 2.75) is 20.5 Å². The highest BCUT2D eigenvalue weighted by Crippen LogP contribution is 2.22. The predicted octanol–water partition coefficient (Wildman–Crippen LogP) is 5.75. The average Bonchev–Trinajstić information content (AvgIpc) is 3.33. The number of carbonyl (C=O) groups is 2. The summed E-state index contributed by atoms with van der Waals surface area (Å²) in [6, 6.07) is 24.2. The lowest BCUT2D eigenvalue weighted by Crippen LogP contribution is -2.30. The van der Waals surface area contributed by atoms with Crippen LogP contribution in [-0.2, 0) is 6.61 Å². The molecule has 0 fully saturated rings. The molecule has 168 valence electrons. The average molecular weight is 443 g/mol. The molecule has 6 heteroatoms. The van der Waals surface area contributed by atoms with Crippen LogP contribution < -0.4 is 10.1 Å². The van der Waals surface area contributed by atoms with Crippen LogP contribution in [0.3, 0.4) is 0 Å². The van der Waals surface area contributed by atoms with E-state index < -0.39 is 0 Å². The summed E-state index contributed by atoms with van der Waals surface area (Å²) >= 11 is 0. The molecule has 0 aliphatic heterocycles. The van der Waals surface area contributed by atoms with Gasteiger partial charge in [-0.15, -0.1) is 0 Å². The monoisotopic (exact) mass is 442 g/mol. The van der Waals surface area contributed by atoms with Crippen molar-refractivity contribution in [3.8, 4) is 5.75 Å². The second kappa shape index (κ2) is 10.0. The Morgan fingerprint density at radius 1 is 0.879 bits per heavy atom. The summed E-state index contributed by atoms with van der Waals surface area (Å²) in [5, 5.41) is 5.03. The van der Waals surface area contributed by atoms with E-state index in [0.717, 1.165) is 16.5 Å². The highest BCUT2D eigenvalue weighted by Gasteiger charge is 2.15. The first-order chi connectivity index (χ1) is 16.1. The molecule has 0 spiro atoms. The minimum absolute atomic E-state index is 0.0674. The van der Waals surface area contributed by atoms with Crippen molar-refractivity contribution in [2.75, 3.05) is 18.4 Å². The van der Waals surface area contributed by atoms with Crippen LogP contribution in [0, 0.1) is 0 Å². The van der Waals surface area contributed by atoms with Gasteiger partial charge in [0.2, 0.25) is 0 Å². The summed E-state index contributed by atoms with van der Waals surface area (Å²) < 4.78 is 11.5. The summed E-state index contributed by atoms with van der Waals surface area (Å²) in [7, 11) is 0. The molecular weight excluding hydrogens is 416 g/mol. The number of nitrogens with zero attached hydrogens (tertiary/aromatic N) is 1. The topological polar surface area (TPSA) is 71.8 Å². The van der Waals surface area contributed by atoms with E-state index in [1.807, 2.05) is 56.3 Å². The standard InChI is InChI=1S/C27H26N2O4/c1-3-29(4-2)27(31)21-10-7-11-22(16-21)28-26(30)25-15-14-24(33-25)18-32-23-13-12-19-8-5-6-9-20(19)17-23/h5-17H,3-4,18H2,1-2H3,(H,28,30). The molecule has 4 aromatic rings. The number of benzene rings is 3. The van der Waals surface area contributed by atoms with Gasteiger partial charge in [-0.05, 0) is 67.1 Å². The number of nitrogens with one attached hydrogen (secondary N) is 1. The third-order valence-electron chi connectivity index (χ3n) is 5.41. The van der Waals surface area contributed by atoms with Crippen LogP contribution in [0.25, 0.3) is 10.8 Å². The second-order valence-electron chi connectivity index (χ2n) is 7.58. The minimum Gasteiger partial charge on any atom is -0.486 e. The largest absolute Gasteiger partial charge is 0.486 e. The van der Waals surface area contributed by atoms with Gasteiger partial charge in [-0.25, -0.2) is 0 Å². The zero-order chi connectivity index (χ0) is 23.2. The van der Waals surface area contributed by atoms with Gasteiger partial charge in [-0.3, -0.25) is 9.59 Å². The molecule has 1 aromatic heterocycles. The molecule has 6 nitrogen and oxygen atoms in total. The minimum atomic E-state index is -0.389. The Kier molecular flexibility index (Phi) is 6.74. The van der Waals surface area contributed by atoms with Crippen molar-refractivity contribution in [3.05, 3.63) is 95.9 Å². The number of rotatable bonds is 8. The molecule has 1 N–H and O–H groups in total. The highest BCUT2D eigenvalue weighted by atomic mass is 16.5. The molecule has 1 heterocycles. The molecule has 3 aromatic carbocycles. The van der Waals surface area contributed by atoms with Crippen LogP contribution >= 0.6 is 0 Å². The van der Waals surface area contributed by atoms with E-state index >= 15 is 0 Å². The van der Waals surface area contributed by atoms with Crippen molar-refractivity contribution in [2.24, 2.45) is 0 Å². The van der Waals surface area contributed by atoms with Gasteiger partial charge in [0.05, 0.1) is 0 Å². The van der Waals surface area contributed by atoms with E-state index in [1.54, 1.807) is 41.3 Å². The third kappa shape index (κ3) is 5.23. The van der Waals surface area contributed by atoms with Gasteiger partial charge in [0.25, 0.3) is 11.8 Å². The fourth-order valence-electron chi connectivity index (χ4n) is 3.61. The van der Waals surface area contributed by atoms with Crippen LogP contribution in [0.15, 0.2) is 83.3 Å². The third-order valence-corrected chi connectivity index (χ3v) is 5.41. The number of anilines is 1. The van der Waals surface area contributed by atoms with Gasteiger partial charge >= 0.3 is 0 Å². The van der Waals surface area contributed by atoms with E-state index in [9.17, 15) is 9.59 Å². The Hall–Kier alpha value is -4.06. The molecule has 0 saturated heterocycles. The normalized spacial score (nSPS) is 10.7. The smallest absolute Gasteiger partial charge is 0.291 e. The lowest BCUT2D eigenvalue weighted by molar-refractivity contribution is 0.0772. The van der Waals surface area contributed by atoms with Crippen LogP contribution in [0.2, 0.25) is 0 Å². The zero-order valence-electron chi connectivity index (χ0n) is 18.7. The first-order valence-electron chi connectivity index (χ1n) is 11.0. The molecule has 2 amide bonds. The van der Waals surface area contributed by atoms with E-state index in [0.29, 0.717) is 30.1 Å². The number of hydrogen-bond acceptors (Lipinski definition) is 4. The number of fused-ring (bicyclic) bond motifs is 1. The number of furan rings is 1. The summed E-state index contributed by atoms with van der Waals surface area (Å²) in [6.45, 7) is 5.33. The van der Waals surface area contributed by atoms with Gasteiger partial charge in [-0.1, -0.05) is 36.4 Å². The molecule has 33 heavy (non-hydrogen) atoms. The maximum atomic E-state index is 12.6. The summed E-state index contributed by atoms with van der Waals surface area (Å²) in [5.41, 5.74) is 1.06. The van der Waals surface area contributed by atoms with Gasteiger partial charge in [0.1, 0.15) is 18.1 Å². The lowest BCUT2D eigenvalue weighted by atomic mass is 10.1. The molecule has 0 unspecified atom stereocenters. The van der Waals surface area contributed by atoms with Crippen molar-refractivity contribution in [3.63, 3.8) is 0 Å². The molecule has 0 aliphatic carbocycles. The highest BCUT2D eigenvalue weighted by molar-refractivity contribution is 6.03. The Labute approximate surface area is 192 Å². The second-order valence-corrected chi connectivity index (χ2v) is 7.58. The molecule has 0 bridgehead atoms. The fourth-order valence-corrected chi connectivity index (χ4v) is 3.61. The Bertz CT molecular complexity index is 1270. The molecule has 0 saturated carbocycles. The molecule has 4 rings (SSSR count). The molecular formula is C27H26N2O4. The Morgan fingerprint density at radius 2 is 1.67 bits per heavy atom. The first-order valence-corrected chi connectivity index (χ1v) is 11.0. The van der Waals surface area contributed by atoms with E-state index in [1.165, 1.54) is 0 Å². The molecule has 0 atom stereocenters. The van der Waals surface area contributed by atoms with Gasteiger partial charge in [-0.2, -0.15) is 0 Å². The lowest BCUT2D eigenvalue weighted by Gasteiger charge is -2.18. The first kappa shape index (κ1) is 22.1. The van der Waals surface area contributed by atoms with Crippen molar-refractivity contribution in [1.82, 2.24) is 4.90 Å². The number of amides is 2. The fraction of sp³-hybridized carbons (Fsp3) is 0.185. The maximum absolute atomic E-state index is 12.6. The number of carbonyl (C=O) groups excluding carboxylic acids is 2. The summed E-state index contributed by atoms with van der Waals surface area (Å²) in [4.78, 5) is 26.9. The summed E-state index contributed by atoms with van der Waals surface area (Å²) in [6.07, 6.45) is 0. The van der Waals surface area contributed by atoms with Crippen molar-refractivity contribution < 1.29 is 18.7 Å². The van der Waals surface area contributed by atoms with E-state index in [-0.39, 0.29) is 24.2 Å². The maximum Gasteiger partial charge on any atom is 0.291 e. The van der Waals surface area contributed by atoms with Crippen LogP contribution in [0.4, 0.5) is 5.69 Å². The summed E-state index contributed by atoms with van der Waals surface area (Å²) in [5.74, 6) is 0.985. The number of ether oxygens (including phenoxy) is 1. The zero-order valence-corrected chi connectivity index (χ0v) is 18.7. The van der Waals surface area contributed by atoms with Crippen molar-refractivity contribution >= 4 is 28.3 Å². The van der Waals surface area contributed by atoms with E-state index in [2.05, 4.69) is 5.32 Å². The van der Waals surface area contributed by atoms with E-state index in [4.69, 9.17) is 9.15 Å². The Morgan fingerprint density at radius 3 is 2.45 bits per heavy atom. The van der Waals surface area contributed by atoms with Crippen LogP contribution in [0.5, 0.6) is 5.75 Å². The van der Waals surface area contributed by atoms with Crippen LogP contribution in [0.1, 0.15) is 40.5 Å².